The number of benzene rings is 1. The highest BCUT2D eigenvalue weighted by molar-refractivity contribution is 7.09. The van der Waals surface area contributed by atoms with Crippen LogP contribution in [0.1, 0.15) is 31.5 Å². The van der Waals surface area contributed by atoms with Crippen molar-refractivity contribution in [2.24, 2.45) is 0 Å². The average Bonchev–Trinajstić information content (AvgIpc) is 2.79. The van der Waals surface area contributed by atoms with E-state index in [9.17, 15) is 0 Å². The van der Waals surface area contributed by atoms with Gasteiger partial charge in [-0.1, -0.05) is 44.0 Å². The molecule has 0 aliphatic heterocycles. The predicted molar refractivity (Wildman–Crippen MR) is 84.6 cm³/mol. The molecule has 0 saturated heterocycles. The van der Waals surface area contributed by atoms with Gasteiger partial charge in [0.25, 0.3) is 0 Å². The van der Waals surface area contributed by atoms with Crippen molar-refractivity contribution in [1.29, 1.82) is 0 Å². The predicted octanol–water partition coefficient (Wildman–Crippen LogP) is 5.36. The Labute approximate surface area is 127 Å². The van der Waals surface area contributed by atoms with Gasteiger partial charge in [-0.05, 0) is 18.2 Å². The Morgan fingerprint density at radius 1 is 1.21 bits per heavy atom. The SMILES string of the molecule is CC(C)(C)c1csc(CNc2ccc(Cl)c(Cl)c2)n1. The molecular formula is C14H16Cl2N2S. The topological polar surface area (TPSA) is 24.9 Å². The van der Waals surface area contributed by atoms with Gasteiger partial charge in [-0.3, -0.25) is 0 Å². The van der Waals surface area contributed by atoms with E-state index in [0.717, 1.165) is 16.4 Å². The number of thiazole rings is 1. The molecule has 19 heavy (non-hydrogen) atoms. The summed E-state index contributed by atoms with van der Waals surface area (Å²) in [5, 5.41) is 7.60. The second-order valence-electron chi connectivity index (χ2n) is 5.36. The molecule has 0 radical (unpaired) electrons. The van der Waals surface area contributed by atoms with Crippen molar-refractivity contribution in [3.63, 3.8) is 0 Å². The molecule has 0 fully saturated rings. The fraction of sp³-hybridized carbons (Fsp3) is 0.357. The third-order valence-corrected chi connectivity index (χ3v) is 4.27. The van der Waals surface area contributed by atoms with E-state index >= 15 is 0 Å². The van der Waals surface area contributed by atoms with Crippen LogP contribution in [0.4, 0.5) is 5.69 Å². The Balaban J connectivity index is 2.02. The fourth-order valence-electron chi connectivity index (χ4n) is 1.52. The van der Waals surface area contributed by atoms with Crippen molar-refractivity contribution in [3.8, 4) is 0 Å². The molecule has 2 nitrogen and oxygen atoms in total. The van der Waals surface area contributed by atoms with Gasteiger partial charge < -0.3 is 5.32 Å². The maximum atomic E-state index is 5.97. The van der Waals surface area contributed by atoms with E-state index in [1.54, 1.807) is 17.4 Å². The molecule has 0 amide bonds. The van der Waals surface area contributed by atoms with Gasteiger partial charge in [0.2, 0.25) is 0 Å². The summed E-state index contributed by atoms with van der Waals surface area (Å²) in [6.45, 7) is 7.19. The number of nitrogens with zero attached hydrogens (tertiary/aromatic N) is 1. The first kappa shape index (κ1) is 14.6. The van der Waals surface area contributed by atoms with Crippen LogP contribution in [0, 0.1) is 0 Å². The lowest BCUT2D eigenvalue weighted by Crippen LogP contribution is -2.11. The summed E-state index contributed by atoms with van der Waals surface area (Å²) in [7, 11) is 0. The zero-order valence-electron chi connectivity index (χ0n) is 11.1. The van der Waals surface area contributed by atoms with Crippen LogP contribution in [0.15, 0.2) is 23.6 Å². The van der Waals surface area contributed by atoms with Gasteiger partial charge in [-0.15, -0.1) is 11.3 Å². The third kappa shape index (κ3) is 3.85. The lowest BCUT2D eigenvalue weighted by molar-refractivity contribution is 0.571. The van der Waals surface area contributed by atoms with Gasteiger partial charge in [0.05, 0.1) is 22.3 Å². The monoisotopic (exact) mass is 314 g/mol. The molecule has 1 aromatic heterocycles. The lowest BCUT2D eigenvalue weighted by Gasteiger charge is -2.14. The first-order chi connectivity index (χ1) is 8.86. The zero-order chi connectivity index (χ0) is 14.0. The molecule has 0 aliphatic rings. The van der Waals surface area contributed by atoms with E-state index in [4.69, 9.17) is 23.2 Å². The first-order valence-electron chi connectivity index (χ1n) is 6.00. The summed E-state index contributed by atoms with van der Waals surface area (Å²) in [6, 6.07) is 5.52. The van der Waals surface area contributed by atoms with Gasteiger partial charge in [0.1, 0.15) is 5.01 Å². The van der Waals surface area contributed by atoms with E-state index in [-0.39, 0.29) is 5.41 Å². The van der Waals surface area contributed by atoms with Gasteiger partial charge in [0.15, 0.2) is 0 Å². The molecule has 1 heterocycles. The highest BCUT2D eigenvalue weighted by Gasteiger charge is 2.17. The Kier molecular flexibility index (Phi) is 4.39. The number of anilines is 1. The van der Waals surface area contributed by atoms with Crippen molar-refractivity contribution in [2.45, 2.75) is 32.7 Å². The number of aromatic nitrogens is 1. The smallest absolute Gasteiger partial charge is 0.112 e. The van der Waals surface area contributed by atoms with Crippen LogP contribution in [0.5, 0.6) is 0 Å². The minimum atomic E-state index is 0.0956. The van der Waals surface area contributed by atoms with Crippen LogP contribution < -0.4 is 5.32 Å². The van der Waals surface area contributed by atoms with Gasteiger partial charge in [0, 0.05) is 16.5 Å². The summed E-state index contributed by atoms with van der Waals surface area (Å²) in [5.41, 5.74) is 2.17. The summed E-state index contributed by atoms with van der Waals surface area (Å²) in [5.74, 6) is 0. The summed E-state index contributed by atoms with van der Waals surface area (Å²) in [6.07, 6.45) is 0. The van der Waals surface area contributed by atoms with E-state index in [2.05, 4.69) is 36.5 Å². The number of rotatable bonds is 3. The quantitative estimate of drug-likeness (QED) is 0.825. The largest absolute Gasteiger partial charge is 0.378 e. The van der Waals surface area contributed by atoms with Crippen LogP contribution in [-0.4, -0.2) is 4.98 Å². The van der Waals surface area contributed by atoms with Gasteiger partial charge in [-0.25, -0.2) is 4.98 Å². The molecule has 0 bridgehead atoms. The molecule has 0 atom stereocenters. The van der Waals surface area contributed by atoms with Crippen molar-refractivity contribution >= 4 is 40.2 Å². The third-order valence-electron chi connectivity index (χ3n) is 2.68. The van der Waals surface area contributed by atoms with E-state index in [0.29, 0.717) is 16.6 Å². The Morgan fingerprint density at radius 3 is 2.53 bits per heavy atom. The standard InChI is InChI=1S/C14H16Cl2N2S/c1-14(2,3)12-8-19-13(18-12)7-17-9-4-5-10(15)11(16)6-9/h4-6,8,17H,7H2,1-3H3. The Bertz CT molecular complexity index is 573. The molecular weight excluding hydrogens is 299 g/mol. The molecule has 2 aromatic rings. The summed E-state index contributed by atoms with van der Waals surface area (Å²) >= 11 is 13.5. The van der Waals surface area contributed by atoms with Crippen LogP contribution >= 0.6 is 34.5 Å². The van der Waals surface area contributed by atoms with Crippen LogP contribution in [0.3, 0.4) is 0 Å². The van der Waals surface area contributed by atoms with Crippen LogP contribution in [-0.2, 0) is 12.0 Å². The van der Waals surface area contributed by atoms with Crippen molar-refractivity contribution in [1.82, 2.24) is 4.98 Å². The van der Waals surface area contributed by atoms with Crippen LogP contribution in [0.25, 0.3) is 0 Å². The molecule has 5 heteroatoms. The van der Waals surface area contributed by atoms with Crippen molar-refractivity contribution in [3.05, 3.63) is 44.3 Å². The normalized spacial score (nSPS) is 11.6. The number of hydrogen-bond acceptors (Lipinski definition) is 3. The maximum Gasteiger partial charge on any atom is 0.112 e. The zero-order valence-corrected chi connectivity index (χ0v) is 13.5. The number of hydrogen-bond donors (Lipinski definition) is 1. The molecule has 2 rings (SSSR count). The van der Waals surface area contributed by atoms with E-state index < -0.39 is 0 Å². The first-order valence-corrected chi connectivity index (χ1v) is 7.63. The van der Waals surface area contributed by atoms with Gasteiger partial charge in [-0.2, -0.15) is 0 Å². The second kappa shape index (κ2) is 5.70. The highest BCUT2D eigenvalue weighted by Crippen LogP contribution is 2.26. The van der Waals surface area contributed by atoms with Crippen molar-refractivity contribution in [2.75, 3.05) is 5.32 Å². The Morgan fingerprint density at radius 2 is 1.95 bits per heavy atom. The fourth-order valence-corrected chi connectivity index (χ4v) is 2.78. The Hall–Kier alpha value is -0.770. The van der Waals surface area contributed by atoms with Crippen LogP contribution in [0.2, 0.25) is 10.0 Å². The van der Waals surface area contributed by atoms with E-state index in [1.165, 1.54) is 0 Å². The minimum absolute atomic E-state index is 0.0956. The molecule has 1 N–H and O–H groups in total. The number of nitrogens with one attached hydrogen (secondary N) is 1. The summed E-state index contributed by atoms with van der Waals surface area (Å²) < 4.78 is 0. The highest BCUT2D eigenvalue weighted by atomic mass is 35.5. The second-order valence-corrected chi connectivity index (χ2v) is 7.12. The van der Waals surface area contributed by atoms with Crippen molar-refractivity contribution < 1.29 is 0 Å². The molecule has 1 aromatic carbocycles. The lowest BCUT2D eigenvalue weighted by atomic mass is 9.93. The molecule has 0 unspecified atom stereocenters. The van der Waals surface area contributed by atoms with E-state index in [1.807, 2.05) is 12.1 Å². The molecule has 0 aliphatic carbocycles. The molecule has 0 spiro atoms. The summed E-state index contributed by atoms with van der Waals surface area (Å²) in [4.78, 5) is 4.63. The molecule has 0 saturated carbocycles. The maximum absolute atomic E-state index is 5.97. The van der Waals surface area contributed by atoms with Gasteiger partial charge >= 0.3 is 0 Å². The average molecular weight is 315 g/mol. The molecule has 102 valence electrons. The minimum Gasteiger partial charge on any atom is -0.378 e. The number of halogens is 2.